The lowest BCUT2D eigenvalue weighted by Gasteiger charge is -2.38. The Bertz CT molecular complexity index is 789. The molecule has 1 heterocycles. The third kappa shape index (κ3) is 6.92. The van der Waals surface area contributed by atoms with E-state index in [0.717, 1.165) is 31.8 Å². The van der Waals surface area contributed by atoms with Gasteiger partial charge >= 0.3 is 0 Å². The average molecular weight is 406 g/mol. The van der Waals surface area contributed by atoms with Gasteiger partial charge in [-0.2, -0.15) is 5.26 Å². The van der Waals surface area contributed by atoms with E-state index in [2.05, 4.69) is 31.0 Å². The summed E-state index contributed by atoms with van der Waals surface area (Å²) in [4.78, 5) is 14.7. The zero-order valence-electron chi connectivity index (χ0n) is 17.0. The van der Waals surface area contributed by atoms with Crippen molar-refractivity contribution >= 4 is 15.7 Å². The van der Waals surface area contributed by atoms with E-state index in [9.17, 15) is 13.2 Å². The molecule has 1 N–H and O–H groups in total. The Morgan fingerprint density at radius 1 is 1.25 bits per heavy atom. The van der Waals surface area contributed by atoms with Crippen molar-refractivity contribution in [3.05, 3.63) is 35.4 Å². The molecular formula is C21H31N3O3S. The molecule has 0 aromatic heterocycles. The summed E-state index contributed by atoms with van der Waals surface area (Å²) in [6, 6.07) is 8.60. The van der Waals surface area contributed by atoms with Gasteiger partial charge in [-0.1, -0.05) is 32.9 Å². The second kappa shape index (κ2) is 10.0. The van der Waals surface area contributed by atoms with Crippen LogP contribution in [0.1, 0.15) is 44.7 Å². The predicted molar refractivity (Wildman–Crippen MR) is 110 cm³/mol. The number of amides is 1. The molecule has 1 saturated heterocycles. The molecule has 1 aromatic rings. The van der Waals surface area contributed by atoms with E-state index < -0.39 is 21.5 Å². The lowest BCUT2D eigenvalue weighted by molar-refractivity contribution is -0.119. The molecule has 0 spiro atoms. The number of carbonyl (C=O) groups is 1. The summed E-state index contributed by atoms with van der Waals surface area (Å²) in [6.07, 6.45) is 2.33. The number of nitrogens with zero attached hydrogens (tertiary/aromatic N) is 2. The first-order valence-corrected chi connectivity index (χ1v) is 11.7. The van der Waals surface area contributed by atoms with Crippen LogP contribution >= 0.6 is 0 Å². The van der Waals surface area contributed by atoms with Gasteiger partial charge in [-0.15, -0.1) is 0 Å². The van der Waals surface area contributed by atoms with Crippen LogP contribution in [0.2, 0.25) is 0 Å². The van der Waals surface area contributed by atoms with E-state index in [4.69, 9.17) is 5.26 Å². The van der Waals surface area contributed by atoms with Crippen LogP contribution in [-0.4, -0.2) is 50.7 Å². The second-order valence-corrected chi connectivity index (χ2v) is 10.2. The maximum atomic E-state index is 12.3. The Kier molecular flexibility index (Phi) is 8.02. The molecule has 7 heteroatoms. The van der Waals surface area contributed by atoms with E-state index in [0.29, 0.717) is 23.6 Å². The minimum Gasteiger partial charge on any atom is -0.354 e. The van der Waals surface area contributed by atoms with Crippen LogP contribution in [0, 0.1) is 23.2 Å². The molecule has 1 fully saturated rings. The molecule has 0 aliphatic carbocycles. The van der Waals surface area contributed by atoms with Crippen molar-refractivity contribution in [2.45, 2.75) is 45.4 Å². The van der Waals surface area contributed by atoms with Gasteiger partial charge in [0.1, 0.15) is 5.75 Å². The number of nitriles is 1. The Morgan fingerprint density at radius 2 is 1.86 bits per heavy atom. The average Bonchev–Trinajstić information content (AvgIpc) is 2.63. The van der Waals surface area contributed by atoms with Crippen molar-refractivity contribution in [3.8, 4) is 6.07 Å². The number of nitrogens with one attached hydrogen (secondary N) is 1. The fourth-order valence-corrected chi connectivity index (χ4v) is 4.90. The summed E-state index contributed by atoms with van der Waals surface area (Å²) in [5.74, 6) is -0.0573. The number of hydrogen-bond donors (Lipinski definition) is 1. The van der Waals surface area contributed by atoms with Gasteiger partial charge in [-0.3, -0.25) is 9.69 Å². The van der Waals surface area contributed by atoms with E-state index in [-0.39, 0.29) is 11.8 Å². The highest BCUT2D eigenvalue weighted by Crippen LogP contribution is 2.21. The number of likely N-dealkylation sites (tertiary alicyclic amines) is 1. The summed E-state index contributed by atoms with van der Waals surface area (Å²) in [5.41, 5.74) is 1.06. The fourth-order valence-electron chi connectivity index (χ4n) is 3.60. The summed E-state index contributed by atoms with van der Waals surface area (Å²) >= 11 is 0. The molecule has 28 heavy (non-hydrogen) atoms. The topological polar surface area (TPSA) is 90.3 Å². The minimum absolute atomic E-state index is 0.205. The molecule has 6 nitrogen and oxygen atoms in total. The van der Waals surface area contributed by atoms with Crippen molar-refractivity contribution < 1.29 is 13.2 Å². The molecule has 1 aromatic carbocycles. The molecule has 1 unspecified atom stereocenters. The molecule has 1 atom stereocenters. The van der Waals surface area contributed by atoms with Crippen molar-refractivity contribution in [1.29, 1.82) is 5.26 Å². The first-order chi connectivity index (χ1) is 13.2. The summed E-state index contributed by atoms with van der Waals surface area (Å²) in [7, 11) is -3.56. The van der Waals surface area contributed by atoms with Crippen LogP contribution in [0.5, 0.6) is 0 Å². The highest BCUT2D eigenvalue weighted by Gasteiger charge is 2.26. The van der Waals surface area contributed by atoms with Crippen LogP contribution < -0.4 is 5.32 Å². The maximum Gasteiger partial charge on any atom is 0.235 e. The Labute approximate surface area is 168 Å². The summed E-state index contributed by atoms with van der Waals surface area (Å²) < 4.78 is 24.7. The molecule has 1 aliphatic heterocycles. The van der Waals surface area contributed by atoms with E-state index in [1.165, 1.54) is 0 Å². The largest absolute Gasteiger partial charge is 0.354 e. The van der Waals surface area contributed by atoms with Crippen LogP contribution in [0.25, 0.3) is 0 Å². The molecule has 0 bridgehead atoms. The van der Waals surface area contributed by atoms with Gasteiger partial charge in [0.2, 0.25) is 5.91 Å². The monoisotopic (exact) mass is 405 g/mol. The minimum atomic E-state index is -3.56. The van der Waals surface area contributed by atoms with Gasteiger partial charge in [0.05, 0.1) is 17.4 Å². The Hall–Kier alpha value is -1.91. The normalized spacial score (nSPS) is 17.2. The van der Waals surface area contributed by atoms with Gasteiger partial charge < -0.3 is 5.32 Å². The summed E-state index contributed by atoms with van der Waals surface area (Å²) in [5, 5.41) is 11.6. The molecule has 1 aliphatic rings. The highest BCUT2D eigenvalue weighted by molar-refractivity contribution is 7.91. The molecule has 154 valence electrons. The van der Waals surface area contributed by atoms with E-state index in [1.807, 2.05) is 6.07 Å². The van der Waals surface area contributed by atoms with Gasteiger partial charge in [0.25, 0.3) is 0 Å². The van der Waals surface area contributed by atoms with E-state index >= 15 is 0 Å². The third-order valence-electron chi connectivity index (χ3n) is 5.39. The number of benzene rings is 1. The number of sulfone groups is 1. The second-order valence-electron chi connectivity index (χ2n) is 8.17. The van der Waals surface area contributed by atoms with Gasteiger partial charge in [-0.05, 0) is 55.5 Å². The van der Waals surface area contributed by atoms with E-state index in [1.54, 1.807) is 24.3 Å². The molecule has 0 radical (unpaired) electrons. The number of hydrogen-bond acceptors (Lipinski definition) is 5. The fraction of sp³-hybridized carbons (Fsp3) is 0.619. The number of rotatable bonds is 8. The quantitative estimate of drug-likeness (QED) is 0.717. The van der Waals surface area contributed by atoms with Crippen molar-refractivity contribution in [2.24, 2.45) is 11.8 Å². The van der Waals surface area contributed by atoms with Crippen molar-refractivity contribution in [1.82, 2.24) is 10.2 Å². The smallest absolute Gasteiger partial charge is 0.235 e. The highest BCUT2D eigenvalue weighted by atomic mass is 32.2. The SMILES string of the molecule is CC1CCN(C(CNC(=O)CS(=O)(=O)Cc2ccc(C#N)cc2)C(C)C)CC1. The molecule has 0 saturated carbocycles. The molecule has 1 amide bonds. The Morgan fingerprint density at radius 3 is 2.39 bits per heavy atom. The van der Waals surface area contributed by atoms with Crippen molar-refractivity contribution in [2.75, 3.05) is 25.4 Å². The summed E-state index contributed by atoms with van der Waals surface area (Å²) in [6.45, 7) is 9.06. The van der Waals surface area contributed by atoms with Crippen LogP contribution in [-0.2, 0) is 20.4 Å². The number of carbonyl (C=O) groups excluding carboxylic acids is 1. The molecular weight excluding hydrogens is 374 g/mol. The van der Waals surface area contributed by atoms with Gasteiger partial charge in [-0.25, -0.2) is 8.42 Å². The lowest BCUT2D eigenvalue weighted by atomic mass is 9.94. The van der Waals surface area contributed by atoms with Crippen LogP contribution in [0.4, 0.5) is 0 Å². The third-order valence-corrected chi connectivity index (χ3v) is 6.86. The Balaban J connectivity index is 1.87. The predicted octanol–water partition coefficient (Wildman–Crippen LogP) is 2.35. The lowest BCUT2D eigenvalue weighted by Crippen LogP contribution is -2.50. The zero-order valence-corrected chi connectivity index (χ0v) is 17.8. The zero-order chi connectivity index (χ0) is 20.7. The first kappa shape index (κ1) is 22.4. The van der Waals surface area contributed by atoms with Crippen molar-refractivity contribution in [3.63, 3.8) is 0 Å². The van der Waals surface area contributed by atoms with Crippen LogP contribution in [0.3, 0.4) is 0 Å². The number of piperidine rings is 1. The van der Waals surface area contributed by atoms with Gasteiger partial charge in [0, 0.05) is 12.6 Å². The molecule has 2 rings (SSSR count). The maximum absolute atomic E-state index is 12.3. The first-order valence-electron chi connectivity index (χ1n) is 9.90. The van der Waals surface area contributed by atoms with Gasteiger partial charge in [0.15, 0.2) is 9.84 Å². The standard InChI is InChI=1S/C21H31N3O3S/c1-16(2)20(24-10-8-17(3)9-11-24)13-23-21(25)15-28(26,27)14-19-6-4-18(12-22)5-7-19/h4-7,16-17,20H,8-11,13-15H2,1-3H3,(H,23,25). The van der Waals surface area contributed by atoms with Crippen LogP contribution in [0.15, 0.2) is 24.3 Å².